The first-order chi connectivity index (χ1) is 18.7. The van der Waals surface area contributed by atoms with Gasteiger partial charge >= 0.3 is 6.09 Å². The third kappa shape index (κ3) is 5.49. The van der Waals surface area contributed by atoms with Crippen molar-refractivity contribution in [3.8, 4) is 5.75 Å². The van der Waals surface area contributed by atoms with Crippen LogP contribution in [0.25, 0.3) is 0 Å². The molecule has 0 aliphatic carbocycles. The molecular formula is C29H40N6O4. The van der Waals surface area contributed by atoms with Gasteiger partial charge in [0.25, 0.3) is 0 Å². The van der Waals surface area contributed by atoms with Crippen molar-refractivity contribution in [3.05, 3.63) is 35.2 Å². The normalized spacial score (nSPS) is 20.7. The summed E-state index contributed by atoms with van der Waals surface area (Å²) in [5, 5.41) is 3.58. The molecule has 210 valence electrons. The summed E-state index contributed by atoms with van der Waals surface area (Å²) in [5.74, 6) is 3.11. The van der Waals surface area contributed by atoms with Crippen LogP contribution in [0.1, 0.15) is 56.2 Å². The van der Waals surface area contributed by atoms with Gasteiger partial charge in [-0.1, -0.05) is 6.07 Å². The van der Waals surface area contributed by atoms with Gasteiger partial charge in [-0.15, -0.1) is 0 Å². The number of nitrogens with zero attached hydrogens (tertiary/aromatic N) is 5. The molecule has 0 unspecified atom stereocenters. The monoisotopic (exact) mass is 536 g/mol. The minimum absolute atomic E-state index is 0.193. The Morgan fingerprint density at radius 3 is 2.54 bits per heavy atom. The number of benzene rings is 1. The van der Waals surface area contributed by atoms with Gasteiger partial charge in [0.1, 0.15) is 35.9 Å². The molecule has 0 saturated carbocycles. The van der Waals surface area contributed by atoms with E-state index in [1.807, 2.05) is 25.7 Å². The number of rotatable bonds is 3. The molecule has 5 heterocycles. The van der Waals surface area contributed by atoms with E-state index in [9.17, 15) is 4.79 Å². The van der Waals surface area contributed by atoms with Crippen LogP contribution in [0.3, 0.4) is 0 Å². The highest BCUT2D eigenvalue weighted by molar-refractivity contribution is 5.73. The summed E-state index contributed by atoms with van der Waals surface area (Å²) >= 11 is 0. The lowest BCUT2D eigenvalue weighted by Gasteiger charge is -2.47. The molecule has 1 aromatic carbocycles. The van der Waals surface area contributed by atoms with Crippen LogP contribution in [0.5, 0.6) is 5.75 Å². The van der Waals surface area contributed by atoms with Crippen molar-refractivity contribution in [3.63, 3.8) is 0 Å². The highest BCUT2D eigenvalue weighted by Gasteiger charge is 2.37. The van der Waals surface area contributed by atoms with Crippen molar-refractivity contribution in [1.29, 1.82) is 0 Å². The van der Waals surface area contributed by atoms with Crippen molar-refractivity contribution in [2.75, 3.05) is 62.7 Å². The highest BCUT2D eigenvalue weighted by atomic mass is 16.6. The van der Waals surface area contributed by atoms with E-state index in [1.165, 1.54) is 5.56 Å². The first kappa shape index (κ1) is 26.1. The molecule has 0 atom stereocenters. The highest BCUT2D eigenvalue weighted by Crippen LogP contribution is 2.42. The fraction of sp³-hybridized carbons (Fsp3) is 0.621. The van der Waals surface area contributed by atoms with Crippen LogP contribution in [-0.4, -0.2) is 90.0 Å². The van der Waals surface area contributed by atoms with Crippen LogP contribution in [0, 0.1) is 6.92 Å². The van der Waals surface area contributed by atoms with Gasteiger partial charge in [0.2, 0.25) is 0 Å². The van der Waals surface area contributed by atoms with Crippen LogP contribution in [0.2, 0.25) is 0 Å². The number of anilines is 3. The average molecular weight is 537 g/mol. The standard InChI is InChI=1S/C29H40N6O4/c1-19-13-20(21-15-35(16-21)22-5-7-34(8-6-22)28(36)39-29(2,3)4)14-24-25(19)38-17-23-26(32-24)30-18-31-27(23)33-9-11-37-12-10-33/h13-14,18,21-22H,5-12,15-17H2,1-4H3,(H,30,31,32). The number of piperidine rings is 1. The second kappa shape index (κ2) is 10.5. The topological polar surface area (TPSA) is 92.3 Å². The lowest BCUT2D eigenvalue weighted by molar-refractivity contribution is 0.00591. The molecule has 2 aromatic rings. The number of aromatic nitrogens is 2. The van der Waals surface area contributed by atoms with E-state index in [2.05, 4.69) is 44.1 Å². The Hall–Kier alpha value is -3.11. The molecule has 39 heavy (non-hydrogen) atoms. The first-order valence-corrected chi connectivity index (χ1v) is 14.2. The number of nitrogens with one attached hydrogen (secondary N) is 1. The van der Waals surface area contributed by atoms with Gasteiger partial charge in [0.15, 0.2) is 0 Å². The molecule has 3 saturated heterocycles. The van der Waals surface area contributed by atoms with Crippen LogP contribution in [0.4, 0.5) is 22.1 Å². The summed E-state index contributed by atoms with van der Waals surface area (Å²) in [6.07, 6.45) is 3.43. The Morgan fingerprint density at radius 1 is 1.08 bits per heavy atom. The second-order valence-corrected chi connectivity index (χ2v) is 12.1. The number of hydrogen-bond acceptors (Lipinski definition) is 9. The zero-order chi connectivity index (χ0) is 27.1. The van der Waals surface area contributed by atoms with Gasteiger partial charge in [-0.25, -0.2) is 14.8 Å². The SMILES string of the molecule is Cc1cc(C2CN(C3CCN(C(=O)OC(C)(C)C)CC3)C2)cc2c1OCc1c(ncnc1N1CCOCC1)N2. The Kier molecular flexibility index (Phi) is 7.01. The maximum absolute atomic E-state index is 12.4. The fourth-order valence-electron chi connectivity index (χ4n) is 6.05. The number of ether oxygens (including phenoxy) is 3. The maximum atomic E-state index is 12.4. The number of carbonyl (C=O) groups is 1. The van der Waals surface area contributed by atoms with E-state index in [-0.39, 0.29) is 6.09 Å². The average Bonchev–Trinajstić information content (AvgIpc) is 3.07. The molecule has 0 radical (unpaired) electrons. The minimum Gasteiger partial charge on any atom is -0.486 e. The smallest absolute Gasteiger partial charge is 0.410 e. The molecule has 0 spiro atoms. The molecule has 0 bridgehead atoms. The summed E-state index contributed by atoms with van der Waals surface area (Å²) in [6.45, 7) is 14.9. The lowest BCUT2D eigenvalue weighted by atomic mass is 9.87. The molecule has 10 nitrogen and oxygen atoms in total. The summed E-state index contributed by atoms with van der Waals surface area (Å²) < 4.78 is 17.4. The summed E-state index contributed by atoms with van der Waals surface area (Å²) in [7, 11) is 0. The van der Waals surface area contributed by atoms with E-state index < -0.39 is 5.60 Å². The van der Waals surface area contributed by atoms with Crippen molar-refractivity contribution < 1.29 is 19.0 Å². The van der Waals surface area contributed by atoms with E-state index in [0.29, 0.717) is 31.8 Å². The molecule has 10 heteroatoms. The van der Waals surface area contributed by atoms with Crippen LogP contribution in [-0.2, 0) is 16.1 Å². The predicted molar refractivity (Wildman–Crippen MR) is 149 cm³/mol. The molecule has 3 fully saturated rings. The number of likely N-dealkylation sites (tertiary alicyclic amines) is 2. The molecular weight excluding hydrogens is 496 g/mol. The van der Waals surface area contributed by atoms with Gasteiger partial charge in [-0.2, -0.15) is 0 Å². The third-order valence-electron chi connectivity index (χ3n) is 8.16. The largest absolute Gasteiger partial charge is 0.486 e. The van der Waals surface area contributed by atoms with Crippen molar-refractivity contribution in [2.45, 2.75) is 64.7 Å². The number of morpholine rings is 1. The van der Waals surface area contributed by atoms with Crippen LogP contribution >= 0.6 is 0 Å². The van der Waals surface area contributed by atoms with Crippen LogP contribution in [0.15, 0.2) is 18.5 Å². The predicted octanol–water partition coefficient (Wildman–Crippen LogP) is 4.06. The minimum atomic E-state index is -0.454. The van der Waals surface area contributed by atoms with E-state index in [1.54, 1.807) is 6.33 Å². The van der Waals surface area contributed by atoms with Gasteiger partial charge in [-0.05, 0) is 57.7 Å². The van der Waals surface area contributed by atoms with Gasteiger partial charge in [-0.3, -0.25) is 4.90 Å². The van der Waals surface area contributed by atoms with Gasteiger partial charge in [0, 0.05) is 51.2 Å². The Labute approximate surface area is 230 Å². The zero-order valence-corrected chi connectivity index (χ0v) is 23.5. The van der Waals surface area contributed by atoms with Crippen molar-refractivity contribution >= 4 is 23.4 Å². The number of amides is 1. The summed E-state index contributed by atoms with van der Waals surface area (Å²) in [5.41, 5.74) is 3.97. The van der Waals surface area contributed by atoms with E-state index in [4.69, 9.17) is 14.2 Å². The Bertz CT molecular complexity index is 1210. The zero-order valence-electron chi connectivity index (χ0n) is 23.5. The second-order valence-electron chi connectivity index (χ2n) is 12.1. The fourth-order valence-corrected chi connectivity index (χ4v) is 6.05. The quantitative estimate of drug-likeness (QED) is 0.624. The molecule has 6 rings (SSSR count). The maximum Gasteiger partial charge on any atom is 0.410 e. The van der Waals surface area contributed by atoms with E-state index in [0.717, 1.165) is 86.3 Å². The van der Waals surface area contributed by atoms with Gasteiger partial charge < -0.3 is 29.3 Å². The third-order valence-corrected chi connectivity index (χ3v) is 8.16. The Morgan fingerprint density at radius 2 is 1.82 bits per heavy atom. The first-order valence-electron chi connectivity index (χ1n) is 14.2. The molecule has 1 amide bonds. The number of hydrogen-bond donors (Lipinski definition) is 1. The summed E-state index contributed by atoms with van der Waals surface area (Å²) in [6, 6.07) is 5.03. The van der Waals surface area contributed by atoms with Crippen molar-refractivity contribution in [2.24, 2.45) is 0 Å². The van der Waals surface area contributed by atoms with Crippen LogP contribution < -0.4 is 15.0 Å². The summed E-state index contributed by atoms with van der Waals surface area (Å²) in [4.78, 5) is 28.3. The number of aryl methyl sites for hydroxylation is 1. The van der Waals surface area contributed by atoms with Gasteiger partial charge in [0.05, 0.1) is 24.5 Å². The molecule has 4 aliphatic heterocycles. The Balaban J connectivity index is 1.10. The number of fused-ring (bicyclic) bond motifs is 2. The molecule has 1 N–H and O–H groups in total. The van der Waals surface area contributed by atoms with E-state index >= 15 is 0 Å². The lowest BCUT2D eigenvalue weighted by Crippen LogP contribution is -2.55. The molecule has 4 aliphatic rings. The molecule has 1 aromatic heterocycles. The van der Waals surface area contributed by atoms with Crippen molar-refractivity contribution in [1.82, 2.24) is 19.8 Å². The number of carbonyl (C=O) groups excluding carboxylic acids is 1.